The average Bonchev–Trinajstić information content (AvgIpc) is 3.14. The number of carbonyl (C=O) groups excluding carboxylic acids is 1. The van der Waals surface area contributed by atoms with Crippen molar-refractivity contribution >= 4 is 5.91 Å². The van der Waals surface area contributed by atoms with Crippen molar-refractivity contribution in [1.29, 1.82) is 0 Å². The smallest absolute Gasteiger partial charge is 0.274 e. The molecule has 23 heavy (non-hydrogen) atoms. The first-order valence-electron chi connectivity index (χ1n) is 7.75. The Hall–Kier alpha value is -2.21. The molecule has 2 aromatic rings. The number of β-amino-alcohol motifs (C(OH)–C–C–N with tert-alkyl or cyclic N) is 1. The van der Waals surface area contributed by atoms with Crippen LogP contribution in [-0.4, -0.2) is 38.8 Å². The average molecular weight is 317 g/mol. The van der Waals surface area contributed by atoms with Gasteiger partial charge in [-0.1, -0.05) is 26.0 Å². The monoisotopic (exact) mass is 317 g/mol. The van der Waals surface area contributed by atoms with Crippen LogP contribution in [0.3, 0.4) is 0 Å². The molecule has 0 saturated carbocycles. The molecule has 5 nitrogen and oxygen atoms in total. The van der Waals surface area contributed by atoms with E-state index in [1.54, 1.807) is 23.1 Å². The van der Waals surface area contributed by atoms with Gasteiger partial charge in [-0.05, 0) is 36.1 Å². The highest BCUT2D eigenvalue weighted by molar-refractivity contribution is 5.93. The second-order valence-corrected chi connectivity index (χ2v) is 6.28. The summed E-state index contributed by atoms with van der Waals surface area (Å²) in [7, 11) is 0. The first kappa shape index (κ1) is 15.7. The molecule has 122 valence electrons. The van der Waals surface area contributed by atoms with Crippen LogP contribution in [0.25, 0.3) is 0 Å². The number of H-pyrrole nitrogens is 1. The molecule has 1 fully saturated rings. The lowest BCUT2D eigenvalue weighted by Crippen LogP contribution is -2.32. The topological polar surface area (TPSA) is 69.2 Å². The number of amides is 1. The molecule has 0 unspecified atom stereocenters. The van der Waals surface area contributed by atoms with Gasteiger partial charge in [0.1, 0.15) is 11.5 Å². The van der Waals surface area contributed by atoms with Crippen LogP contribution in [0, 0.1) is 5.82 Å². The number of aliphatic hydroxyl groups excluding tert-OH is 1. The Bertz CT molecular complexity index is 696. The van der Waals surface area contributed by atoms with E-state index in [1.165, 1.54) is 12.1 Å². The second kappa shape index (κ2) is 6.12. The van der Waals surface area contributed by atoms with E-state index in [1.807, 2.05) is 13.8 Å². The zero-order valence-corrected chi connectivity index (χ0v) is 13.2. The van der Waals surface area contributed by atoms with Gasteiger partial charge in [-0.2, -0.15) is 5.10 Å². The molecule has 0 spiro atoms. The molecule has 1 aliphatic rings. The normalized spacial score (nSPS) is 21.2. The van der Waals surface area contributed by atoms with E-state index in [4.69, 9.17) is 0 Å². The van der Waals surface area contributed by atoms with Crippen LogP contribution in [0.4, 0.5) is 4.39 Å². The largest absolute Gasteiger partial charge is 0.391 e. The maximum atomic E-state index is 13.1. The van der Waals surface area contributed by atoms with Gasteiger partial charge in [0.25, 0.3) is 5.91 Å². The van der Waals surface area contributed by atoms with Crippen molar-refractivity contribution in [1.82, 2.24) is 15.1 Å². The van der Waals surface area contributed by atoms with Crippen LogP contribution >= 0.6 is 0 Å². The summed E-state index contributed by atoms with van der Waals surface area (Å²) in [5.74, 6) is -0.292. The van der Waals surface area contributed by atoms with Gasteiger partial charge in [0.05, 0.1) is 12.1 Å². The predicted molar refractivity (Wildman–Crippen MR) is 83.5 cm³/mol. The van der Waals surface area contributed by atoms with Crippen molar-refractivity contribution in [3.05, 3.63) is 53.1 Å². The molecule has 0 bridgehead atoms. The van der Waals surface area contributed by atoms with Crippen molar-refractivity contribution in [2.45, 2.75) is 38.3 Å². The zero-order valence-electron chi connectivity index (χ0n) is 13.2. The number of nitrogens with zero attached hydrogens (tertiary/aromatic N) is 2. The fourth-order valence-electron chi connectivity index (χ4n) is 2.93. The van der Waals surface area contributed by atoms with Gasteiger partial charge in [-0.25, -0.2) is 4.39 Å². The summed E-state index contributed by atoms with van der Waals surface area (Å²) in [6.45, 7) is 4.29. The molecule has 1 amide bonds. The molecular formula is C17H20FN3O2. The Morgan fingerprint density at radius 2 is 2.09 bits per heavy atom. The molecular weight excluding hydrogens is 297 g/mol. The number of aromatic nitrogens is 2. The molecule has 2 atom stereocenters. The fraction of sp³-hybridized carbons (Fsp3) is 0.412. The summed E-state index contributed by atoms with van der Waals surface area (Å²) in [5, 5.41) is 16.9. The molecule has 0 aliphatic carbocycles. The van der Waals surface area contributed by atoms with Crippen LogP contribution < -0.4 is 0 Å². The Kier molecular flexibility index (Phi) is 4.17. The molecule has 3 rings (SSSR count). The van der Waals surface area contributed by atoms with Crippen molar-refractivity contribution in [3.63, 3.8) is 0 Å². The lowest BCUT2D eigenvalue weighted by atomic mass is 10.0. The predicted octanol–water partition coefficient (Wildman–Crippen LogP) is 2.62. The highest BCUT2D eigenvalue weighted by atomic mass is 19.1. The fourth-order valence-corrected chi connectivity index (χ4v) is 2.93. The van der Waals surface area contributed by atoms with E-state index in [-0.39, 0.29) is 30.2 Å². The number of aromatic amines is 1. The molecule has 0 radical (unpaired) electrons. The standard InChI is InChI=1S/C17H20FN3O2/c1-10(2)14-8-15(20-19-14)17(23)21-9-13(22)7-16(21)11-3-5-12(18)6-4-11/h3-6,8,10,13,16,22H,7,9H2,1-2H3,(H,19,20)/t13-,16-/m0/s1. The second-order valence-electron chi connectivity index (χ2n) is 6.28. The summed E-state index contributed by atoms with van der Waals surface area (Å²) in [6, 6.07) is 7.53. The summed E-state index contributed by atoms with van der Waals surface area (Å²) < 4.78 is 13.1. The molecule has 1 aliphatic heterocycles. The van der Waals surface area contributed by atoms with Gasteiger partial charge in [0.15, 0.2) is 0 Å². The van der Waals surface area contributed by atoms with Gasteiger partial charge in [0, 0.05) is 12.2 Å². The van der Waals surface area contributed by atoms with Crippen molar-refractivity contribution < 1.29 is 14.3 Å². The highest BCUT2D eigenvalue weighted by Crippen LogP contribution is 2.33. The quantitative estimate of drug-likeness (QED) is 0.914. The number of carbonyl (C=O) groups is 1. The molecule has 2 heterocycles. The minimum Gasteiger partial charge on any atom is -0.391 e. The number of rotatable bonds is 3. The maximum absolute atomic E-state index is 13.1. The van der Waals surface area contributed by atoms with E-state index in [9.17, 15) is 14.3 Å². The van der Waals surface area contributed by atoms with E-state index < -0.39 is 6.10 Å². The molecule has 2 N–H and O–H groups in total. The first-order chi connectivity index (χ1) is 11.0. The third kappa shape index (κ3) is 3.12. The minimum atomic E-state index is -0.586. The third-order valence-electron chi connectivity index (χ3n) is 4.23. The molecule has 1 saturated heterocycles. The lowest BCUT2D eigenvalue weighted by molar-refractivity contribution is 0.0710. The SMILES string of the molecule is CC(C)c1cc(C(=O)N2C[C@@H](O)C[C@H]2c2ccc(F)cc2)n[nH]1. The maximum Gasteiger partial charge on any atom is 0.274 e. The Morgan fingerprint density at radius 3 is 2.70 bits per heavy atom. The Labute approximate surface area is 134 Å². The van der Waals surface area contributed by atoms with Crippen LogP contribution in [0.15, 0.2) is 30.3 Å². The minimum absolute atomic E-state index is 0.223. The van der Waals surface area contributed by atoms with Crippen LogP contribution in [0.2, 0.25) is 0 Å². The van der Waals surface area contributed by atoms with Gasteiger partial charge in [-0.15, -0.1) is 0 Å². The summed E-state index contributed by atoms with van der Waals surface area (Å²) in [5.41, 5.74) is 2.05. The summed E-state index contributed by atoms with van der Waals surface area (Å²) >= 11 is 0. The van der Waals surface area contributed by atoms with Gasteiger partial charge < -0.3 is 10.0 Å². The number of nitrogens with one attached hydrogen (secondary N) is 1. The van der Waals surface area contributed by atoms with E-state index in [0.29, 0.717) is 12.1 Å². The Balaban J connectivity index is 1.86. The number of aliphatic hydroxyl groups is 1. The number of benzene rings is 1. The Morgan fingerprint density at radius 1 is 1.39 bits per heavy atom. The lowest BCUT2D eigenvalue weighted by Gasteiger charge is -2.23. The van der Waals surface area contributed by atoms with Gasteiger partial charge >= 0.3 is 0 Å². The summed E-state index contributed by atoms with van der Waals surface area (Å²) in [4.78, 5) is 14.3. The van der Waals surface area contributed by atoms with Crippen molar-refractivity contribution in [2.75, 3.05) is 6.54 Å². The highest BCUT2D eigenvalue weighted by Gasteiger charge is 2.36. The number of hydrogen-bond acceptors (Lipinski definition) is 3. The van der Waals surface area contributed by atoms with Crippen LogP contribution in [0.1, 0.15) is 54.0 Å². The number of likely N-dealkylation sites (tertiary alicyclic amines) is 1. The summed E-state index contributed by atoms with van der Waals surface area (Å²) in [6.07, 6.45) is -0.142. The van der Waals surface area contributed by atoms with E-state index in [0.717, 1.165) is 11.3 Å². The van der Waals surface area contributed by atoms with Gasteiger partial charge in [0.2, 0.25) is 0 Å². The van der Waals surface area contributed by atoms with Crippen molar-refractivity contribution in [2.24, 2.45) is 0 Å². The first-order valence-corrected chi connectivity index (χ1v) is 7.75. The number of hydrogen-bond donors (Lipinski definition) is 2. The van der Waals surface area contributed by atoms with E-state index >= 15 is 0 Å². The number of halogens is 1. The van der Waals surface area contributed by atoms with E-state index in [2.05, 4.69) is 10.2 Å². The van der Waals surface area contributed by atoms with Crippen LogP contribution in [-0.2, 0) is 0 Å². The third-order valence-corrected chi connectivity index (χ3v) is 4.23. The zero-order chi connectivity index (χ0) is 16.6. The van der Waals surface area contributed by atoms with Crippen LogP contribution in [0.5, 0.6) is 0 Å². The molecule has 1 aromatic heterocycles. The van der Waals surface area contributed by atoms with Gasteiger partial charge in [-0.3, -0.25) is 9.89 Å². The van der Waals surface area contributed by atoms with Crippen molar-refractivity contribution in [3.8, 4) is 0 Å². The molecule has 1 aromatic carbocycles. The molecule has 6 heteroatoms.